The zero-order valence-electron chi connectivity index (χ0n) is 6.00. The standard InChI is InChI=1S/C9H9FO/c1-2-9(11)7-3-5-8(10)6-4-7/h2-6,9,11H,1H2/t9-/m1/s1. The van der Waals surface area contributed by atoms with Gasteiger partial charge in [-0.05, 0) is 17.7 Å². The smallest absolute Gasteiger partial charge is 0.123 e. The van der Waals surface area contributed by atoms with E-state index in [-0.39, 0.29) is 5.82 Å². The minimum absolute atomic E-state index is 0.301. The summed E-state index contributed by atoms with van der Waals surface area (Å²) in [5.41, 5.74) is 0.654. The average Bonchev–Trinajstić information content (AvgIpc) is 2.05. The second kappa shape index (κ2) is 3.30. The van der Waals surface area contributed by atoms with E-state index >= 15 is 0 Å². The summed E-state index contributed by atoms with van der Waals surface area (Å²) in [6, 6.07) is 5.67. The Labute approximate surface area is 64.8 Å². The van der Waals surface area contributed by atoms with Gasteiger partial charge in [-0.2, -0.15) is 0 Å². The van der Waals surface area contributed by atoms with Crippen molar-refractivity contribution in [2.24, 2.45) is 0 Å². The normalized spacial score (nSPS) is 12.5. The summed E-state index contributed by atoms with van der Waals surface area (Å²) in [6.45, 7) is 3.42. The van der Waals surface area contributed by atoms with Gasteiger partial charge >= 0.3 is 0 Å². The molecule has 0 fully saturated rings. The van der Waals surface area contributed by atoms with Crippen LogP contribution in [-0.2, 0) is 0 Å². The van der Waals surface area contributed by atoms with Gasteiger partial charge in [0, 0.05) is 0 Å². The summed E-state index contributed by atoms with van der Waals surface area (Å²) in [5.74, 6) is -0.301. The lowest BCUT2D eigenvalue weighted by Crippen LogP contribution is -1.91. The fourth-order valence-electron chi connectivity index (χ4n) is 0.796. The molecule has 1 aromatic carbocycles. The number of halogens is 1. The molecule has 0 unspecified atom stereocenters. The Bertz CT molecular complexity index is 240. The lowest BCUT2D eigenvalue weighted by molar-refractivity contribution is 0.229. The summed E-state index contributed by atoms with van der Waals surface area (Å²) in [4.78, 5) is 0. The maximum atomic E-state index is 12.3. The number of rotatable bonds is 2. The minimum atomic E-state index is -0.699. The highest BCUT2D eigenvalue weighted by Crippen LogP contribution is 2.13. The maximum Gasteiger partial charge on any atom is 0.123 e. The van der Waals surface area contributed by atoms with Gasteiger partial charge in [-0.3, -0.25) is 0 Å². The quantitative estimate of drug-likeness (QED) is 0.643. The molecule has 1 N–H and O–H groups in total. The number of hydrogen-bond acceptors (Lipinski definition) is 1. The van der Waals surface area contributed by atoms with Crippen molar-refractivity contribution in [1.82, 2.24) is 0 Å². The third kappa shape index (κ3) is 1.88. The molecule has 0 radical (unpaired) electrons. The van der Waals surface area contributed by atoms with E-state index in [0.717, 1.165) is 0 Å². The molecular formula is C9H9FO. The van der Waals surface area contributed by atoms with Crippen molar-refractivity contribution in [3.8, 4) is 0 Å². The first kappa shape index (κ1) is 7.95. The van der Waals surface area contributed by atoms with Crippen molar-refractivity contribution in [2.45, 2.75) is 6.10 Å². The van der Waals surface area contributed by atoms with Crippen LogP contribution in [0.25, 0.3) is 0 Å². The molecule has 0 saturated carbocycles. The molecule has 11 heavy (non-hydrogen) atoms. The van der Waals surface area contributed by atoms with Gasteiger partial charge in [0.15, 0.2) is 0 Å². The van der Waals surface area contributed by atoms with Crippen LogP contribution in [0.3, 0.4) is 0 Å². The zero-order valence-corrected chi connectivity index (χ0v) is 6.00. The summed E-state index contributed by atoms with van der Waals surface area (Å²) >= 11 is 0. The SMILES string of the molecule is C=C[C@@H](O)c1ccc(F)cc1. The van der Waals surface area contributed by atoms with Crippen LogP contribution in [0.5, 0.6) is 0 Å². The molecule has 0 aliphatic rings. The molecule has 0 saturated heterocycles. The Morgan fingerprint density at radius 1 is 1.36 bits per heavy atom. The third-order valence-electron chi connectivity index (χ3n) is 1.43. The number of hydrogen-bond donors (Lipinski definition) is 1. The molecular weight excluding hydrogens is 143 g/mol. The molecule has 58 valence electrons. The van der Waals surface area contributed by atoms with E-state index < -0.39 is 6.10 Å². The van der Waals surface area contributed by atoms with Crippen LogP contribution in [-0.4, -0.2) is 5.11 Å². The van der Waals surface area contributed by atoms with Crippen molar-refractivity contribution in [2.75, 3.05) is 0 Å². The predicted molar refractivity (Wildman–Crippen MR) is 41.6 cm³/mol. The Balaban J connectivity index is 2.89. The van der Waals surface area contributed by atoms with E-state index in [0.29, 0.717) is 5.56 Å². The molecule has 1 nitrogen and oxygen atoms in total. The topological polar surface area (TPSA) is 20.2 Å². The Morgan fingerprint density at radius 3 is 2.36 bits per heavy atom. The van der Waals surface area contributed by atoms with Crippen molar-refractivity contribution < 1.29 is 9.50 Å². The highest BCUT2D eigenvalue weighted by molar-refractivity contribution is 5.20. The molecule has 1 atom stereocenters. The van der Waals surface area contributed by atoms with Gasteiger partial charge in [0.1, 0.15) is 5.82 Å². The van der Waals surface area contributed by atoms with Gasteiger partial charge in [0.05, 0.1) is 6.10 Å². The number of benzene rings is 1. The fraction of sp³-hybridized carbons (Fsp3) is 0.111. The molecule has 1 rings (SSSR count). The second-order valence-corrected chi connectivity index (χ2v) is 2.23. The van der Waals surface area contributed by atoms with E-state index in [1.165, 1.54) is 30.3 Å². The monoisotopic (exact) mass is 152 g/mol. The molecule has 0 heterocycles. The molecule has 0 aliphatic heterocycles. The molecule has 0 amide bonds. The zero-order chi connectivity index (χ0) is 8.27. The first-order chi connectivity index (χ1) is 5.24. The number of aliphatic hydroxyl groups is 1. The van der Waals surface area contributed by atoms with E-state index in [1.54, 1.807) is 0 Å². The molecule has 2 heteroatoms. The van der Waals surface area contributed by atoms with Gasteiger partial charge in [0.2, 0.25) is 0 Å². The molecule has 0 aliphatic carbocycles. The van der Waals surface area contributed by atoms with Crippen LogP contribution in [0.4, 0.5) is 4.39 Å². The largest absolute Gasteiger partial charge is 0.384 e. The minimum Gasteiger partial charge on any atom is -0.384 e. The first-order valence-electron chi connectivity index (χ1n) is 3.30. The van der Waals surface area contributed by atoms with E-state index in [1.807, 2.05) is 0 Å². The predicted octanol–water partition coefficient (Wildman–Crippen LogP) is 2.05. The van der Waals surface area contributed by atoms with Crippen molar-refractivity contribution in [3.63, 3.8) is 0 Å². The van der Waals surface area contributed by atoms with Crippen molar-refractivity contribution >= 4 is 0 Å². The van der Waals surface area contributed by atoms with Gasteiger partial charge < -0.3 is 5.11 Å². The van der Waals surface area contributed by atoms with Gasteiger partial charge in [-0.1, -0.05) is 18.2 Å². The molecule has 0 aromatic heterocycles. The summed E-state index contributed by atoms with van der Waals surface area (Å²) < 4.78 is 12.3. The summed E-state index contributed by atoms with van der Waals surface area (Å²) in [6.07, 6.45) is 0.698. The summed E-state index contributed by atoms with van der Waals surface area (Å²) in [5, 5.41) is 9.18. The second-order valence-electron chi connectivity index (χ2n) is 2.23. The molecule has 1 aromatic rings. The van der Waals surface area contributed by atoms with Gasteiger partial charge in [0.25, 0.3) is 0 Å². The Hall–Kier alpha value is -1.15. The molecule has 0 bridgehead atoms. The van der Waals surface area contributed by atoms with E-state index in [9.17, 15) is 9.50 Å². The van der Waals surface area contributed by atoms with Crippen molar-refractivity contribution in [1.29, 1.82) is 0 Å². The van der Waals surface area contributed by atoms with Crippen LogP contribution in [0, 0.1) is 5.82 Å². The van der Waals surface area contributed by atoms with Gasteiger partial charge in [-0.25, -0.2) is 4.39 Å². The highest BCUT2D eigenvalue weighted by Gasteiger charge is 2.00. The van der Waals surface area contributed by atoms with E-state index in [2.05, 4.69) is 6.58 Å². The van der Waals surface area contributed by atoms with Crippen LogP contribution in [0.15, 0.2) is 36.9 Å². The molecule has 0 spiro atoms. The lowest BCUT2D eigenvalue weighted by Gasteiger charge is -2.03. The Kier molecular flexibility index (Phi) is 2.39. The van der Waals surface area contributed by atoms with Crippen LogP contribution < -0.4 is 0 Å². The third-order valence-corrected chi connectivity index (χ3v) is 1.43. The van der Waals surface area contributed by atoms with Crippen molar-refractivity contribution in [3.05, 3.63) is 48.3 Å². The van der Waals surface area contributed by atoms with Gasteiger partial charge in [-0.15, -0.1) is 6.58 Å². The highest BCUT2D eigenvalue weighted by atomic mass is 19.1. The summed E-state index contributed by atoms with van der Waals surface area (Å²) in [7, 11) is 0. The lowest BCUT2D eigenvalue weighted by atomic mass is 10.1. The van der Waals surface area contributed by atoms with Crippen LogP contribution in [0.1, 0.15) is 11.7 Å². The number of aliphatic hydroxyl groups excluding tert-OH is 1. The first-order valence-corrected chi connectivity index (χ1v) is 3.30. The maximum absolute atomic E-state index is 12.3. The van der Waals surface area contributed by atoms with Crippen LogP contribution >= 0.6 is 0 Å². The fourth-order valence-corrected chi connectivity index (χ4v) is 0.796. The van der Waals surface area contributed by atoms with E-state index in [4.69, 9.17) is 0 Å². The average molecular weight is 152 g/mol. The van der Waals surface area contributed by atoms with Crippen LogP contribution in [0.2, 0.25) is 0 Å². The Morgan fingerprint density at radius 2 is 1.91 bits per heavy atom.